The van der Waals surface area contributed by atoms with E-state index >= 15 is 0 Å². The molecular weight excluding hydrogens is 307 g/mol. The molecule has 0 aliphatic carbocycles. The van der Waals surface area contributed by atoms with Gasteiger partial charge in [-0.15, -0.1) is 0 Å². The van der Waals surface area contributed by atoms with E-state index < -0.39 is 33.6 Å². The van der Waals surface area contributed by atoms with Crippen molar-refractivity contribution in [1.82, 2.24) is 0 Å². The van der Waals surface area contributed by atoms with Gasteiger partial charge in [0, 0.05) is 5.02 Å². The Bertz CT molecular complexity index is 560. The average Bonchev–Trinajstić information content (AvgIpc) is 2.25. The van der Waals surface area contributed by atoms with Gasteiger partial charge in [0.2, 0.25) is 10.0 Å². The van der Waals surface area contributed by atoms with Crippen LogP contribution in [-0.4, -0.2) is 25.4 Å². The molecule has 0 aliphatic rings. The summed E-state index contributed by atoms with van der Waals surface area (Å²) in [5, 5.41) is 7.36. The van der Waals surface area contributed by atoms with Crippen LogP contribution in [0.3, 0.4) is 0 Å². The lowest BCUT2D eigenvalue weighted by Gasteiger charge is -2.14. The maximum Gasteiger partial charge on any atom is 0.416 e. The third-order valence-corrected chi connectivity index (χ3v) is 4.22. The van der Waals surface area contributed by atoms with Gasteiger partial charge in [-0.2, -0.15) is 13.2 Å². The second-order valence-corrected chi connectivity index (χ2v) is 6.40. The zero-order valence-electron chi connectivity index (χ0n) is 9.70. The molecule has 0 spiro atoms. The molecule has 19 heavy (non-hydrogen) atoms. The van der Waals surface area contributed by atoms with E-state index in [0.29, 0.717) is 12.1 Å². The lowest BCUT2D eigenvalue weighted by Crippen LogP contribution is -2.28. The fourth-order valence-corrected chi connectivity index (χ4v) is 2.25. The summed E-state index contributed by atoms with van der Waals surface area (Å²) in [5.74, 6) is 0. The van der Waals surface area contributed by atoms with Crippen LogP contribution in [0.25, 0.3) is 0 Å². The molecule has 4 nitrogen and oxygen atoms in total. The van der Waals surface area contributed by atoms with Crippen LogP contribution in [0.1, 0.15) is 12.5 Å². The van der Waals surface area contributed by atoms with Crippen LogP contribution in [0.5, 0.6) is 0 Å². The summed E-state index contributed by atoms with van der Waals surface area (Å²) in [6.45, 7) is 0.569. The molecule has 0 amide bonds. The largest absolute Gasteiger partial charge is 0.416 e. The van der Waals surface area contributed by atoms with Crippen molar-refractivity contribution >= 4 is 27.3 Å². The van der Waals surface area contributed by atoms with Gasteiger partial charge in [0.25, 0.3) is 0 Å². The first-order valence-electron chi connectivity index (χ1n) is 5.06. The normalized spacial score (nSPS) is 14.2. The Hall–Kier alpha value is -0.990. The smallest absolute Gasteiger partial charge is 0.395 e. The summed E-state index contributed by atoms with van der Waals surface area (Å²) in [7, 11) is -3.97. The first kappa shape index (κ1) is 16.1. The molecule has 0 saturated carbocycles. The topological polar surface area (TPSA) is 66.4 Å². The van der Waals surface area contributed by atoms with Gasteiger partial charge < -0.3 is 5.11 Å². The van der Waals surface area contributed by atoms with Crippen LogP contribution in [-0.2, 0) is 16.2 Å². The number of anilines is 1. The number of hydrogen-bond donors (Lipinski definition) is 2. The number of halogens is 4. The minimum absolute atomic E-state index is 0.246. The summed E-state index contributed by atoms with van der Waals surface area (Å²) < 4.78 is 62.8. The second-order valence-electron chi connectivity index (χ2n) is 3.87. The van der Waals surface area contributed by atoms with Crippen LogP contribution in [0.4, 0.5) is 18.9 Å². The zero-order valence-corrected chi connectivity index (χ0v) is 11.3. The molecule has 1 atom stereocenters. The molecule has 2 N–H and O–H groups in total. The number of benzene rings is 1. The molecule has 1 aromatic carbocycles. The molecular formula is C10H11ClF3NO3S. The van der Waals surface area contributed by atoms with Crippen molar-refractivity contribution in [3.63, 3.8) is 0 Å². The van der Waals surface area contributed by atoms with Crippen LogP contribution < -0.4 is 4.72 Å². The van der Waals surface area contributed by atoms with E-state index in [9.17, 15) is 21.6 Å². The summed E-state index contributed by atoms with van der Waals surface area (Å²) >= 11 is 5.51. The van der Waals surface area contributed by atoms with Gasteiger partial charge in [0.15, 0.2) is 0 Å². The second kappa shape index (κ2) is 5.56. The summed E-state index contributed by atoms with van der Waals surface area (Å²) in [6.07, 6.45) is -4.63. The highest BCUT2D eigenvalue weighted by Crippen LogP contribution is 2.33. The third kappa shape index (κ3) is 4.26. The van der Waals surface area contributed by atoms with E-state index in [1.165, 1.54) is 6.92 Å². The lowest BCUT2D eigenvalue weighted by atomic mass is 10.2. The van der Waals surface area contributed by atoms with Gasteiger partial charge in [-0.3, -0.25) is 4.72 Å². The quantitative estimate of drug-likeness (QED) is 0.896. The molecule has 1 rings (SSSR count). The third-order valence-electron chi connectivity index (χ3n) is 2.27. The SMILES string of the molecule is CC(CO)S(=O)(=O)Nc1cc(Cl)cc(C(F)(F)F)c1. The number of nitrogens with one attached hydrogen (secondary N) is 1. The lowest BCUT2D eigenvalue weighted by molar-refractivity contribution is -0.137. The number of aliphatic hydroxyl groups is 1. The molecule has 0 saturated heterocycles. The van der Waals surface area contributed by atoms with Gasteiger partial charge in [-0.1, -0.05) is 11.6 Å². The highest BCUT2D eigenvalue weighted by molar-refractivity contribution is 7.93. The van der Waals surface area contributed by atoms with Crippen molar-refractivity contribution in [2.24, 2.45) is 0 Å². The molecule has 1 aromatic rings. The Kier molecular flexibility index (Phi) is 4.70. The summed E-state index contributed by atoms with van der Waals surface area (Å²) in [4.78, 5) is 0. The van der Waals surface area contributed by atoms with Gasteiger partial charge in [-0.05, 0) is 25.1 Å². The van der Waals surface area contributed by atoms with Gasteiger partial charge in [0.05, 0.1) is 17.9 Å². The fourth-order valence-electron chi connectivity index (χ4n) is 1.18. The van der Waals surface area contributed by atoms with Gasteiger partial charge in [0.1, 0.15) is 5.25 Å². The molecule has 0 aromatic heterocycles. The fraction of sp³-hybridized carbons (Fsp3) is 0.400. The van der Waals surface area contributed by atoms with Crippen LogP contribution in [0.15, 0.2) is 18.2 Å². The molecule has 0 radical (unpaired) electrons. The minimum Gasteiger partial charge on any atom is -0.395 e. The van der Waals surface area contributed by atoms with E-state index in [1.807, 2.05) is 4.72 Å². The van der Waals surface area contributed by atoms with Crippen molar-refractivity contribution in [3.8, 4) is 0 Å². The number of sulfonamides is 1. The Morgan fingerprint density at radius 3 is 2.42 bits per heavy atom. The number of rotatable bonds is 4. The Morgan fingerprint density at radius 1 is 1.37 bits per heavy atom. The van der Waals surface area contributed by atoms with Crippen molar-refractivity contribution in [1.29, 1.82) is 0 Å². The van der Waals surface area contributed by atoms with Crippen molar-refractivity contribution in [2.75, 3.05) is 11.3 Å². The standard InChI is InChI=1S/C10H11ClF3NO3S/c1-6(5-16)19(17,18)15-9-3-7(10(12,13)14)2-8(11)4-9/h2-4,6,15-16H,5H2,1H3. The van der Waals surface area contributed by atoms with Crippen molar-refractivity contribution in [3.05, 3.63) is 28.8 Å². The van der Waals surface area contributed by atoms with Gasteiger partial charge in [-0.25, -0.2) is 8.42 Å². The zero-order chi connectivity index (χ0) is 14.8. The predicted molar refractivity (Wildman–Crippen MR) is 65.5 cm³/mol. The summed E-state index contributed by atoms with van der Waals surface area (Å²) in [5.41, 5.74) is -1.37. The minimum atomic E-state index is -4.63. The maximum absolute atomic E-state index is 12.5. The first-order chi connectivity index (χ1) is 8.56. The first-order valence-corrected chi connectivity index (χ1v) is 6.99. The molecule has 0 aliphatic heterocycles. The van der Waals surface area contributed by atoms with E-state index in [0.717, 1.165) is 6.07 Å². The Morgan fingerprint density at radius 2 is 1.95 bits per heavy atom. The highest BCUT2D eigenvalue weighted by Gasteiger charge is 2.31. The van der Waals surface area contributed by atoms with Gasteiger partial charge >= 0.3 is 6.18 Å². The van der Waals surface area contributed by atoms with Crippen LogP contribution >= 0.6 is 11.6 Å². The van der Waals surface area contributed by atoms with E-state index in [2.05, 4.69) is 0 Å². The number of aliphatic hydroxyl groups excluding tert-OH is 1. The monoisotopic (exact) mass is 317 g/mol. The van der Waals surface area contributed by atoms with Crippen LogP contribution in [0, 0.1) is 0 Å². The van der Waals surface area contributed by atoms with Crippen LogP contribution in [0.2, 0.25) is 5.02 Å². The van der Waals surface area contributed by atoms with E-state index in [4.69, 9.17) is 16.7 Å². The van der Waals surface area contributed by atoms with E-state index in [1.54, 1.807) is 0 Å². The van der Waals surface area contributed by atoms with Crippen molar-refractivity contribution in [2.45, 2.75) is 18.3 Å². The summed E-state index contributed by atoms with van der Waals surface area (Å²) in [6, 6.07) is 2.38. The average molecular weight is 318 g/mol. The van der Waals surface area contributed by atoms with E-state index in [-0.39, 0.29) is 10.7 Å². The molecule has 0 fully saturated rings. The molecule has 9 heteroatoms. The number of alkyl halides is 3. The maximum atomic E-state index is 12.5. The molecule has 1 unspecified atom stereocenters. The number of hydrogen-bond acceptors (Lipinski definition) is 3. The molecule has 0 bridgehead atoms. The van der Waals surface area contributed by atoms with Crippen molar-refractivity contribution < 1.29 is 26.7 Å². The highest BCUT2D eigenvalue weighted by atomic mass is 35.5. The predicted octanol–water partition coefficient (Wildman–Crippen LogP) is 2.48. The molecule has 108 valence electrons. The Balaban J connectivity index is 3.13. The Labute approximate surface area is 113 Å². The molecule has 0 heterocycles.